The molecule has 2 fully saturated rings. The van der Waals surface area contributed by atoms with Gasteiger partial charge in [0.05, 0.1) is 18.2 Å². The number of hydrogen-bond donors (Lipinski definition) is 2. The number of hydrogen-bond acceptors (Lipinski definition) is 6. The second kappa shape index (κ2) is 9.53. The molecule has 2 aliphatic rings. The summed E-state index contributed by atoms with van der Waals surface area (Å²) >= 11 is 1.61. The van der Waals surface area contributed by atoms with Crippen LogP contribution in [-0.2, 0) is 11.0 Å². The maximum absolute atomic E-state index is 12.8. The molecule has 172 valence electrons. The van der Waals surface area contributed by atoms with E-state index in [2.05, 4.69) is 25.7 Å². The Bertz CT molecular complexity index is 939. The van der Waals surface area contributed by atoms with Crippen LogP contribution in [0.1, 0.15) is 52.5 Å². The normalized spacial score (nSPS) is 22.2. The van der Waals surface area contributed by atoms with Crippen LogP contribution in [0.4, 0.5) is 13.2 Å². The highest BCUT2D eigenvalue weighted by atomic mass is 32.1. The van der Waals surface area contributed by atoms with E-state index in [0.29, 0.717) is 12.0 Å². The Balaban J connectivity index is 1.15. The third-order valence-electron chi connectivity index (χ3n) is 6.08. The number of aromatic nitrogens is 2. The summed E-state index contributed by atoms with van der Waals surface area (Å²) in [4.78, 5) is 26.6. The molecule has 2 amide bonds. The number of halogens is 3. The predicted octanol–water partition coefficient (Wildman–Crippen LogP) is 2.81. The van der Waals surface area contributed by atoms with Gasteiger partial charge in [0.1, 0.15) is 10.5 Å². The molecule has 1 saturated heterocycles. The third-order valence-corrected chi connectivity index (χ3v) is 6.93. The Kier molecular flexibility index (Phi) is 6.75. The summed E-state index contributed by atoms with van der Waals surface area (Å²) < 4.78 is 38.3. The Morgan fingerprint density at radius 1 is 1.16 bits per heavy atom. The molecule has 4 rings (SSSR count). The first-order valence-corrected chi connectivity index (χ1v) is 11.4. The second-order valence-corrected chi connectivity index (χ2v) is 9.13. The average Bonchev–Trinajstić information content (AvgIpc) is 3.29. The largest absolute Gasteiger partial charge is 0.416 e. The Morgan fingerprint density at radius 2 is 1.91 bits per heavy atom. The Morgan fingerprint density at radius 3 is 2.56 bits per heavy atom. The van der Waals surface area contributed by atoms with E-state index in [4.69, 9.17) is 0 Å². The highest BCUT2D eigenvalue weighted by molar-refractivity contribution is 7.09. The molecule has 7 nitrogen and oxygen atoms in total. The molecule has 0 unspecified atom stereocenters. The minimum atomic E-state index is -4.53. The van der Waals surface area contributed by atoms with Crippen LogP contribution in [0.15, 0.2) is 29.8 Å². The summed E-state index contributed by atoms with van der Waals surface area (Å²) in [7, 11) is 0. The second-order valence-electron chi connectivity index (χ2n) is 8.26. The van der Waals surface area contributed by atoms with E-state index < -0.39 is 17.6 Å². The number of alkyl halides is 3. The van der Waals surface area contributed by atoms with E-state index in [0.717, 1.165) is 55.9 Å². The minimum Gasteiger partial charge on any atom is -0.349 e. The minimum absolute atomic E-state index is 0.0221. The maximum atomic E-state index is 12.8. The van der Waals surface area contributed by atoms with Crippen LogP contribution in [0.25, 0.3) is 0 Å². The zero-order valence-corrected chi connectivity index (χ0v) is 18.1. The van der Waals surface area contributed by atoms with E-state index in [-0.39, 0.29) is 24.1 Å². The first kappa shape index (κ1) is 22.7. The van der Waals surface area contributed by atoms with Crippen molar-refractivity contribution in [1.82, 2.24) is 25.7 Å². The van der Waals surface area contributed by atoms with Crippen molar-refractivity contribution in [2.24, 2.45) is 0 Å². The molecular formula is C21H24F3N5O2S. The monoisotopic (exact) mass is 467 g/mol. The quantitative estimate of drug-likeness (QED) is 0.682. The highest BCUT2D eigenvalue weighted by Crippen LogP contribution is 2.36. The molecule has 1 aliphatic heterocycles. The fourth-order valence-corrected chi connectivity index (χ4v) is 5.05. The number of rotatable bonds is 6. The van der Waals surface area contributed by atoms with E-state index in [1.165, 1.54) is 12.1 Å². The van der Waals surface area contributed by atoms with Crippen molar-refractivity contribution in [3.8, 4) is 0 Å². The summed E-state index contributed by atoms with van der Waals surface area (Å²) in [5.74, 6) is -0.570. The van der Waals surface area contributed by atoms with Crippen molar-refractivity contribution in [3.05, 3.63) is 45.9 Å². The molecule has 0 bridgehead atoms. The van der Waals surface area contributed by atoms with E-state index in [1.807, 2.05) is 0 Å². The lowest BCUT2D eigenvalue weighted by Crippen LogP contribution is -2.63. The maximum Gasteiger partial charge on any atom is 0.416 e. The SMILES string of the molecule is O=C(CNC(=O)c1cccc(C(F)(F)F)c1)NC1CN(C2CCC(c3nncs3)CC2)C1. The van der Waals surface area contributed by atoms with Crippen molar-refractivity contribution in [3.63, 3.8) is 0 Å². The van der Waals surface area contributed by atoms with Crippen LogP contribution in [0.5, 0.6) is 0 Å². The molecule has 2 N–H and O–H groups in total. The fourth-order valence-electron chi connectivity index (χ4n) is 4.33. The molecule has 0 atom stereocenters. The van der Waals surface area contributed by atoms with Crippen LogP contribution < -0.4 is 10.6 Å². The molecule has 0 radical (unpaired) electrons. The first-order valence-electron chi connectivity index (χ1n) is 10.5. The van der Waals surface area contributed by atoms with Crippen LogP contribution in [-0.4, -0.2) is 58.6 Å². The van der Waals surface area contributed by atoms with Gasteiger partial charge in [0.15, 0.2) is 0 Å². The smallest absolute Gasteiger partial charge is 0.349 e. The molecule has 11 heteroatoms. The zero-order chi connectivity index (χ0) is 22.7. The van der Waals surface area contributed by atoms with Gasteiger partial charge in [0.25, 0.3) is 5.91 Å². The molecule has 1 aromatic carbocycles. The molecule has 1 aromatic heterocycles. The van der Waals surface area contributed by atoms with Crippen LogP contribution >= 0.6 is 11.3 Å². The zero-order valence-electron chi connectivity index (χ0n) is 17.3. The number of likely N-dealkylation sites (tertiary alicyclic amines) is 1. The summed E-state index contributed by atoms with van der Waals surface area (Å²) in [6.45, 7) is 1.25. The van der Waals surface area contributed by atoms with Gasteiger partial charge in [-0.25, -0.2) is 0 Å². The van der Waals surface area contributed by atoms with E-state index in [9.17, 15) is 22.8 Å². The Labute approximate surface area is 187 Å². The van der Waals surface area contributed by atoms with Gasteiger partial charge in [-0.2, -0.15) is 13.2 Å². The van der Waals surface area contributed by atoms with Gasteiger partial charge in [-0.1, -0.05) is 6.07 Å². The van der Waals surface area contributed by atoms with Gasteiger partial charge in [-0.15, -0.1) is 21.5 Å². The van der Waals surface area contributed by atoms with Gasteiger partial charge in [-0.05, 0) is 43.9 Å². The standard InChI is InChI=1S/C21H24F3N5O2S/c22-21(23,24)15-3-1-2-14(8-15)19(31)25-9-18(30)27-16-10-29(11-16)17-6-4-13(5-7-17)20-28-26-12-32-20/h1-3,8,12-13,16-17H,4-7,9-11H2,(H,25,31)(H,27,30). The molecule has 32 heavy (non-hydrogen) atoms. The van der Waals surface area contributed by atoms with Crippen molar-refractivity contribution >= 4 is 23.2 Å². The Hall–Kier alpha value is -2.53. The number of nitrogens with one attached hydrogen (secondary N) is 2. The fraction of sp³-hybridized carbons (Fsp3) is 0.524. The number of nitrogens with zero attached hydrogens (tertiary/aromatic N) is 3. The molecular weight excluding hydrogens is 443 g/mol. The van der Waals surface area contributed by atoms with E-state index in [1.54, 1.807) is 16.8 Å². The summed E-state index contributed by atoms with van der Waals surface area (Å²) in [5.41, 5.74) is 0.736. The lowest BCUT2D eigenvalue weighted by molar-refractivity contribution is -0.137. The number of amides is 2. The van der Waals surface area contributed by atoms with E-state index >= 15 is 0 Å². The topological polar surface area (TPSA) is 87.2 Å². The van der Waals surface area contributed by atoms with Gasteiger partial charge in [-0.3, -0.25) is 14.5 Å². The van der Waals surface area contributed by atoms with Gasteiger partial charge in [0.2, 0.25) is 5.91 Å². The number of carbonyl (C=O) groups is 2. The lowest BCUT2D eigenvalue weighted by atomic mass is 9.84. The number of carbonyl (C=O) groups excluding carboxylic acids is 2. The molecule has 2 heterocycles. The lowest BCUT2D eigenvalue weighted by Gasteiger charge is -2.46. The van der Waals surface area contributed by atoms with Gasteiger partial charge in [0, 0.05) is 30.6 Å². The van der Waals surface area contributed by atoms with Crippen LogP contribution in [0.2, 0.25) is 0 Å². The average molecular weight is 468 g/mol. The first-order chi connectivity index (χ1) is 15.3. The highest BCUT2D eigenvalue weighted by Gasteiger charge is 2.36. The molecule has 1 saturated carbocycles. The summed E-state index contributed by atoms with van der Waals surface area (Å²) in [5, 5.41) is 14.5. The third kappa shape index (κ3) is 5.44. The molecule has 2 aromatic rings. The summed E-state index contributed by atoms with van der Waals surface area (Å²) in [6, 6.07) is 4.65. The predicted molar refractivity (Wildman–Crippen MR) is 112 cm³/mol. The van der Waals surface area contributed by atoms with Crippen molar-refractivity contribution in [1.29, 1.82) is 0 Å². The van der Waals surface area contributed by atoms with Gasteiger partial charge >= 0.3 is 6.18 Å². The van der Waals surface area contributed by atoms with Crippen molar-refractivity contribution in [2.75, 3.05) is 19.6 Å². The van der Waals surface area contributed by atoms with Gasteiger partial charge < -0.3 is 10.6 Å². The van der Waals surface area contributed by atoms with Crippen molar-refractivity contribution < 1.29 is 22.8 Å². The van der Waals surface area contributed by atoms with Crippen LogP contribution in [0.3, 0.4) is 0 Å². The number of benzene rings is 1. The van der Waals surface area contributed by atoms with Crippen molar-refractivity contribution in [2.45, 2.75) is 49.9 Å². The molecule has 0 spiro atoms. The molecule has 1 aliphatic carbocycles. The van der Waals surface area contributed by atoms with Crippen LogP contribution in [0, 0.1) is 0 Å². The summed E-state index contributed by atoms with van der Waals surface area (Å²) in [6.07, 6.45) is -0.152.